The van der Waals surface area contributed by atoms with E-state index in [4.69, 9.17) is 25.3 Å². The van der Waals surface area contributed by atoms with Crippen LogP contribution in [-0.4, -0.2) is 69.5 Å². The number of carbonyl (C=O) groups is 1. The number of hydrogen-bond donors (Lipinski definition) is 0. The van der Waals surface area contributed by atoms with Crippen molar-refractivity contribution < 1.29 is 30.1 Å². The van der Waals surface area contributed by atoms with Crippen molar-refractivity contribution in [2.45, 2.75) is 118 Å². The molecular formula is C21H54O7Si6. The Morgan fingerprint density at radius 2 is 1.06 bits per heavy atom. The maximum absolute atomic E-state index is 12.3. The number of Topliss-reactive ketones (excluding diaryl/α,β-unsaturated/α-hetero) is 1. The molecule has 0 N–H and O–H groups in total. The molecule has 0 aliphatic rings. The lowest BCUT2D eigenvalue weighted by Gasteiger charge is -2.44. The standard InChI is InChI=1S/C21H54O7Si6/c1-15-16-17-18-23-20-34(14,27-32(11,12)25-30(6,7)8)28-33(13,19-21(2)22)26-31(9,10)24-29(3,4)5/h15-20H2,1-14H3. The molecule has 0 aromatic heterocycles. The van der Waals surface area contributed by atoms with E-state index in [0.717, 1.165) is 19.3 Å². The molecular weight excluding hydrogens is 533 g/mol. The number of rotatable bonds is 18. The van der Waals surface area contributed by atoms with Crippen LogP contribution in [0.3, 0.4) is 0 Å². The first-order valence-electron chi connectivity index (χ1n) is 12.6. The summed E-state index contributed by atoms with van der Waals surface area (Å²) in [7, 11) is -14.5. The molecule has 0 aliphatic heterocycles. The van der Waals surface area contributed by atoms with E-state index in [2.05, 4.69) is 59.3 Å². The minimum Gasteiger partial charge on any atom is -0.437 e. The highest BCUT2D eigenvalue weighted by atomic mass is 28.5. The summed E-state index contributed by atoms with van der Waals surface area (Å²) in [5, 5.41) is 0. The largest absolute Gasteiger partial charge is 0.437 e. The van der Waals surface area contributed by atoms with E-state index in [0.29, 0.717) is 12.8 Å². The zero-order chi connectivity index (χ0) is 27.1. The van der Waals surface area contributed by atoms with Crippen LogP contribution in [0.1, 0.15) is 33.1 Å². The van der Waals surface area contributed by atoms with E-state index in [1.807, 2.05) is 26.2 Å². The number of hydrogen-bond acceptors (Lipinski definition) is 7. The van der Waals surface area contributed by atoms with E-state index in [9.17, 15) is 4.79 Å². The molecule has 7 nitrogen and oxygen atoms in total. The van der Waals surface area contributed by atoms with Gasteiger partial charge in [-0.15, -0.1) is 0 Å². The van der Waals surface area contributed by atoms with Crippen LogP contribution in [0.15, 0.2) is 0 Å². The molecule has 0 fully saturated rings. The summed E-state index contributed by atoms with van der Waals surface area (Å²) in [6.45, 7) is 29.7. The molecule has 0 saturated heterocycles. The molecule has 0 aliphatic carbocycles. The van der Waals surface area contributed by atoms with E-state index in [1.165, 1.54) is 0 Å². The maximum Gasteiger partial charge on any atom is 0.344 e. The lowest BCUT2D eigenvalue weighted by Crippen LogP contribution is -2.63. The Balaban J connectivity index is 5.94. The number of ether oxygens (including phenoxy) is 1. The van der Waals surface area contributed by atoms with Crippen molar-refractivity contribution in [1.29, 1.82) is 0 Å². The Morgan fingerprint density at radius 1 is 0.618 bits per heavy atom. The second-order valence-electron chi connectivity index (χ2n) is 12.4. The Kier molecular flexibility index (Phi) is 13.8. The molecule has 2 atom stereocenters. The second kappa shape index (κ2) is 13.5. The van der Waals surface area contributed by atoms with Gasteiger partial charge < -0.3 is 30.1 Å². The van der Waals surface area contributed by atoms with Gasteiger partial charge in [0.25, 0.3) is 0 Å². The molecule has 0 bridgehead atoms. The Bertz CT molecular complexity index is 636. The van der Waals surface area contributed by atoms with Crippen LogP contribution in [0.2, 0.25) is 84.6 Å². The molecule has 0 aromatic rings. The van der Waals surface area contributed by atoms with Crippen molar-refractivity contribution in [3.63, 3.8) is 0 Å². The van der Waals surface area contributed by atoms with Crippen molar-refractivity contribution in [1.82, 2.24) is 0 Å². The van der Waals surface area contributed by atoms with Gasteiger partial charge in [0.15, 0.2) is 16.6 Å². The summed E-state index contributed by atoms with van der Waals surface area (Å²) >= 11 is 0. The van der Waals surface area contributed by atoms with Gasteiger partial charge in [0.2, 0.25) is 0 Å². The Morgan fingerprint density at radius 3 is 1.44 bits per heavy atom. The minimum absolute atomic E-state index is 0.0574. The normalized spacial score (nSPS) is 17.4. The van der Waals surface area contributed by atoms with Crippen molar-refractivity contribution in [3.05, 3.63) is 0 Å². The van der Waals surface area contributed by atoms with Crippen LogP contribution in [-0.2, 0) is 30.1 Å². The average molecular weight is 587 g/mol. The minimum atomic E-state index is -2.97. The topological polar surface area (TPSA) is 72.5 Å². The predicted molar refractivity (Wildman–Crippen MR) is 156 cm³/mol. The molecule has 13 heteroatoms. The van der Waals surface area contributed by atoms with Gasteiger partial charge in [-0.1, -0.05) is 19.8 Å². The van der Waals surface area contributed by atoms with Gasteiger partial charge in [0.1, 0.15) is 5.78 Å². The molecule has 204 valence electrons. The zero-order valence-corrected chi connectivity index (χ0v) is 30.6. The lowest BCUT2D eigenvalue weighted by atomic mass is 10.3. The summed E-state index contributed by atoms with van der Waals surface area (Å²) in [4.78, 5) is 12.3. The van der Waals surface area contributed by atoms with Crippen LogP contribution < -0.4 is 0 Å². The summed E-state index contributed by atoms with van der Waals surface area (Å²) in [6, 6.07) is 0.261. The third-order valence-electron chi connectivity index (χ3n) is 4.29. The highest BCUT2D eigenvalue weighted by Gasteiger charge is 2.51. The summed E-state index contributed by atoms with van der Waals surface area (Å²) in [5.74, 6) is 0.0574. The van der Waals surface area contributed by atoms with Gasteiger partial charge in [0, 0.05) is 12.7 Å². The van der Waals surface area contributed by atoms with Gasteiger partial charge in [-0.2, -0.15) is 0 Å². The van der Waals surface area contributed by atoms with Crippen molar-refractivity contribution in [2.75, 3.05) is 12.8 Å². The molecule has 0 rings (SSSR count). The van der Waals surface area contributed by atoms with Gasteiger partial charge in [-0.25, -0.2) is 0 Å². The summed E-state index contributed by atoms with van der Waals surface area (Å²) < 4.78 is 39.4. The van der Waals surface area contributed by atoms with Gasteiger partial charge in [-0.05, 0) is 91.9 Å². The van der Waals surface area contributed by atoms with Crippen LogP contribution in [0.25, 0.3) is 0 Å². The van der Waals surface area contributed by atoms with Crippen molar-refractivity contribution >= 4 is 56.7 Å². The molecule has 0 heterocycles. The Hall–Kier alpha value is 0.731. The fraction of sp³-hybridized carbons (Fsp3) is 0.952. The van der Waals surface area contributed by atoms with Crippen molar-refractivity contribution in [2.24, 2.45) is 0 Å². The van der Waals surface area contributed by atoms with E-state index >= 15 is 0 Å². The number of carbonyl (C=O) groups excluding carboxylic acids is 1. The Labute approximate surface area is 216 Å². The smallest absolute Gasteiger partial charge is 0.344 e. The van der Waals surface area contributed by atoms with Crippen molar-refractivity contribution in [3.8, 4) is 0 Å². The monoisotopic (exact) mass is 586 g/mol. The van der Waals surface area contributed by atoms with Gasteiger partial charge in [0.05, 0.1) is 6.23 Å². The molecule has 0 radical (unpaired) electrons. The van der Waals surface area contributed by atoms with E-state index in [-0.39, 0.29) is 11.8 Å². The molecule has 2 unspecified atom stereocenters. The zero-order valence-electron chi connectivity index (χ0n) is 24.6. The molecule has 34 heavy (non-hydrogen) atoms. The van der Waals surface area contributed by atoms with Crippen LogP contribution in [0.4, 0.5) is 0 Å². The third-order valence-corrected chi connectivity index (χ3v) is 25.8. The maximum atomic E-state index is 12.3. The van der Waals surface area contributed by atoms with Crippen LogP contribution in [0.5, 0.6) is 0 Å². The first kappa shape index (κ1) is 34.7. The van der Waals surface area contributed by atoms with Gasteiger partial charge >= 0.3 is 34.2 Å². The quantitative estimate of drug-likeness (QED) is 0.132. The number of ketones is 1. The highest BCUT2D eigenvalue weighted by molar-refractivity contribution is 6.92. The lowest BCUT2D eigenvalue weighted by molar-refractivity contribution is -0.115. The first-order chi connectivity index (χ1) is 15.0. The summed E-state index contributed by atoms with van der Waals surface area (Å²) in [6.07, 6.45) is 3.68. The number of unbranched alkanes of at least 4 members (excludes halogenated alkanes) is 2. The molecule has 0 saturated carbocycles. The van der Waals surface area contributed by atoms with Crippen LogP contribution >= 0.6 is 0 Å². The fourth-order valence-electron chi connectivity index (χ4n) is 4.35. The van der Waals surface area contributed by atoms with Crippen LogP contribution in [0, 0.1) is 0 Å². The first-order valence-corrected chi connectivity index (χ1v) is 30.1. The average Bonchev–Trinajstić information content (AvgIpc) is 2.46. The second-order valence-corrected chi connectivity index (χ2v) is 35.7. The third kappa shape index (κ3) is 17.2. The van der Waals surface area contributed by atoms with E-state index < -0.39 is 50.9 Å². The molecule has 0 spiro atoms. The highest BCUT2D eigenvalue weighted by Crippen LogP contribution is 2.30. The van der Waals surface area contributed by atoms with Gasteiger partial charge in [-0.3, -0.25) is 0 Å². The summed E-state index contributed by atoms with van der Waals surface area (Å²) in [5.41, 5.74) is 0. The van der Waals surface area contributed by atoms with E-state index in [1.54, 1.807) is 6.92 Å². The predicted octanol–water partition coefficient (Wildman–Crippen LogP) is 6.62. The SMILES string of the molecule is CCCCCOC[Si](C)(O[Si](C)(C)O[Si](C)(C)C)O[Si](C)(CC(C)=O)O[Si](C)(C)O[Si](C)(C)C. The fourth-order valence-corrected chi connectivity index (χ4v) is 32.8. The molecule has 0 amide bonds. The molecule has 0 aromatic carbocycles.